The molecule has 10 nitrogen and oxygen atoms in total. The normalized spacial score (nSPS) is 10.7. The molecule has 3 rings (SSSR count). The molecule has 0 aliphatic rings. The highest BCUT2D eigenvalue weighted by Gasteiger charge is 2.20. The topological polar surface area (TPSA) is 140 Å². The molecule has 0 bridgehead atoms. The number of aliphatic hydroxyl groups is 1. The van der Waals surface area contributed by atoms with Crippen LogP contribution in [0.2, 0.25) is 0 Å². The second-order valence-corrected chi connectivity index (χ2v) is 7.15. The number of nitrogens with one attached hydrogen (secondary N) is 2. The van der Waals surface area contributed by atoms with Crippen LogP contribution in [0.4, 0.5) is 21.6 Å². The second kappa shape index (κ2) is 10.1. The van der Waals surface area contributed by atoms with Gasteiger partial charge in [0.15, 0.2) is 5.75 Å². The van der Waals surface area contributed by atoms with Gasteiger partial charge < -0.3 is 20.5 Å². The average Bonchev–Trinajstić information content (AvgIpc) is 2.73. The van der Waals surface area contributed by atoms with Gasteiger partial charge in [0.2, 0.25) is 5.91 Å². The van der Waals surface area contributed by atoms with E-state index in [-0.39, 0.29) is 55.0 Å². The number of benzene rings is 2. The molecule has 31 heavy (non-hydrogen) atoms. The quantitative estimate of drug-likeness (QED) is 0.234. The smallest absolute Gasteiger partial charge is 0.311 e. The Hall–Kier alpha value is -3.38. The molecular formula is C19H17BrFN5O5. The lowest BCUT2D eigenvalue weighted by Crippen LogP contribution is -2.28. The Kier molecular flexibility index (Phi) is 7.26. The van der Waals surface area contributed by atoms with Crippen molar-refractivity contribution in [3.63, 3.8) is 0 Å². The van der Waals surface area contributed by atoms with Crippen molar-refractivity contribution >= 4 is 49.9 Å². The van der Waals surface area contributed by atoms with Crippen molar-refractivity contribution in [2.24, 2.45) is 0 Å². The molecule has 0 aliphatic heterocycles. The lowest BCUT2D eigenvalue weighted by Gasteiger charge is -2.12. The minimum absolute atomic E-state index is 0.0240. The molecule has 162 valence electrons. The number of anilines is 2. The molecular weight excluding hydrogens is 477 g/mol. The lowest BCUT2D eigenvalue weighted by atomic mass is 10.2. The maximum atomic E-state index is 14.2. The molecule has 3 aromatic rings. The molecule has 3 N–H and O–H groups in total. The Morgan fingerprint density at radius 1 is 1.29 bits per heavy atom. The molecule has 0 unspecified atom stereocenters. The van der Waals surface area contributed by atoms with Crippen molar-refractivity contribution in [2.45, 2.75) is 6.42 Å². The first-order chi connectivity index (χ1) is 14.9. The van der Waals surface area contributed by atoms with Gasteiger partial charge in [-0.05, 0) is 18.2 Å². The van der Waals surface area contributed by atoms with E-state index < -0.39 is 10.7 Å². The molecule has 0 fully saturated rings. The van der Waals surface area contributed by atoms with E-state index in [1.54, 1.807) is 6.07 Å². The molecule has 0 spiro atoms. The van der Waals surface area contributed by atoms with Crippen LogP contribution in [-0.4, -0.2) is 45.7 Å². The van der Waals surface area contributed by atoms with Crippen molar-refractivity contribution in [1.82, 2.24) is 15.3 Å². The number of carbonyl (C=O) groups excluding carboxylic acids is 1. The Morgan fingerprint density at radius 2 is 2.10 bits per heavy atom. The van der Waals surface area contributed by atoms with Gasteiger partial charge in [0.1, 0.15) is 24.6 Å². The Bertz CT molecular complexity index is 1130. The highest BCUT2D eigenvalue weighted by molar-refractivity contribution is 9.10. The third-order valence-corrected chi connectivity index (χ3v) is 4.61. The Labute approximate surface area is 183 Å². The maximum absolute atomic E-state index is 14.2. The number of rotatable bonds is 9. The van der Waals surface area contributed by atoms with Crippen LogP contribution in [0.5, 0.6) is 5.75 Å². The fourth-order valence-corrected chi connectivity index (χ4v) is 3.02. The third kappa shape index (κ3) is 5.61. The first-order valence-corrected chi connectivity index (χ1v) is 9.84. The predicted octanol–water partition coefficient (Wildman–Crippen LogP) is 3.06. The largest absolute Gasteiger partial charge is 0.485 e. The van der Waals surface area contributed by atoms with E-state index in [9.17, 15) is 19.3 Å². The number of aromatic nitrogens is 2. The Morgan fingerprint density at radius 3 is 2.81 bits per heavy atom. The van der Waals surface area contributed by atoms with Gasteiger partial charge in [0.05, 0.1) is 34.7 Å². The first kappa shape index (κ1) is 22.3. The molecule has 1 aromatic heterocycles. The summed E-state index contributed by atoms with van der Waals surface area (Å²) in [5, 5.41) is 25.9. The summed E-state index contributed by atoms with van der Waals surface area (Å²) in [6, 6.07) is 7.05. The van der Waals surface area contributed by atoms with Gasteiger partial charge in [-0.2, -0.15) is 0 Å². The Balaban J connectivity index is 1.86. The summed E-state index contributed by atoms with van der Waals surface area (Å²) < 4.78 is 20.2. The maximum Gasteiger partial charge on any atom is 0.311 e. The van der Waals surface area contributed by atoms with Crippen molar-refractivity contribution in [2.75, 3.05) is 25.1 Å². The van der Waals surface area contributed by atoms with Gasteiger partial charge in [0, 0.05) is 23.0 Å². The number of halogens is 2. The number of nitro groups is 1. The fraction of sp³-hybridized carbons (Fsp3) is 0.211. The van der Waals surface area contributed by atoms with Gasteiger partial charge in [-0.15, -0.1) is 0 Å². The van der Waals surface area contributed by atoms with Crippen molar-refractivity contribution in [1.29, 1.82) is 0 Å². The highest BCUT2D eigenvalue weighted by Crippen LogP contribution is 2.35. The summed E-state index contributed by atoms with van der Waals surface area (Å²) in [6.45, 7) is -0.194. The number of fused-ring (bicyclic) bond motifs is 1. The predicted molar refractivity (Wildman–Crippen MR) is 114 cm³/mol. The number of nitro benzene ring substituents is 1. The van der Waals surface area contributed by atoms with Crippen LogP contribution in [0.1, 0.15) is 6.42 Å². The summed E-state index contributed by atoms with van der Waals surface area (Å²) in [5.74, 6) is -0.730. The molecule has 0 atom stereocenters. The fourth-order valence-electron chi connectivity index (χ4n) is 2.69. The lowest BCUT2D eigenvalue weighted by molar-refractivity contribution is -0.385. The van der Waals surface area contributed by atoms with Gasteiger partial charge in [-0.25, -0.2) is 14.4 Å². The van der Waals surface area contributed by atoms with E-state index in [0.717, 1.165) is 0 Å². The van der Waals surface area contributed by atoms with Crippen LogP contribution in [0.25, 0.3) is 10.9 Å². The van der Waals surface area contributed by atoms with E-state index in [0.29, 0.717) is 15.4 Å². The van der Waals surface area contributed by atoms with Crippen molar-refractivity contribution in [3.8, 4) is 5.75 Å². The minimum atomic E-state index is -0.615. The zero-order valence-electron chi connectivity index (χ0n) is 16.0. The van der Waals surface area contributed by atoms with Crippen LogP contribution in [0.3, 0.4) is 0 Å². The molecule has 12 heteroatoms. The molecule has 0 saturated carbocycles. The van der Waals surface area contributed by atoms with Gasteiger partial charge in [0.25, 0.3) is 0 Å². The van der Waals surface area contributed by atoms with Gasteiger partial charge >= 0.3 is 5.69 Å². The third-order valence-electron chi connectivity index (χ3n) is 4.12. The minimum Gasteiger partial charge on any atom is -0.485 e. The van der Waals surface area contributed by atoms with E-state index in [2.05, 4.69) is 36.5 Å². The number of amides is 1. The van der Waals surface area contributed by atoms with Crippen molar-refractivity contribution < 1.29 is 24.0 Å². The van der Waals surface area contributed by atoms with E-state index in [1.807, 2.05) is 0 Å². The van der Waals surface area contributed by atoms with Gasteiger partial charge in [-0.3, -0.25) is 14.9 Å². The van der Waals surface area contributed by atoms with Crippen LogP contribution >= 0.6 is 15.9 Å². The van der Waals surface area contributed by atoms with Crippen LogP contribution in [-0.2, 0) is 4.79 Å². The number of hydrogen-bond acceptors (Lipinski definition) is 8. The van der Waals surface area contributed by atoms with Crippen LogP contribution in [0.15, 0.2) is 41.1 Å². The van der Waals surface area contributed by atoms with E-state index in [1.165, 1.54) is 30.6 Å². The first-order valence-electron chi connectivity index (χ1n) is 9.04. The molecule has 1 heterocycles. The van der Waals surface area contributed by atoms with E-state index in [4.69, 9.17) is 9.84 Å². The highest BCUT2D eigenvalue weighted by atomic mass is 79.9. The summed E-state index contributed by atoms with van der Waals surface area (Å²) in [4.78, 5) is 30.5. The average molecular weight is 494 g/mol. The second-order valence-electron chi connectivity index (χ2n) is 6.24. The summed E-state index contributed by atoms with van der Waals surface area (Å²) in [5.41, 5.74) is 0.160. The number of ether oxygens (including phenoxy) is 1. The standard InChI is InChI=1S/C19H17BrFN5O5/c20-11-1-2-14(13(21)7-11)25-19-12-8-16(26(29)30)17(9-15(12)23-10-24-19)31-6-4-22-18(28)3-5-27/h1-2,7-10,27H,3-6H2,(H,22,28)(H,23,24,25). The molecule has 1 amide bonds. The van der Waals surface area contributed by atoms with Crippen molar-refractivity contribution in [3.05, 3.63) is 57.1 Å². The summed E-state index contributed by atoms with van der Waals surface area (Å²) in [6.07, 6.45) is 1.20. The molecule has 0 radical (unpaired) electrons. The number of hydrogen-bond donors (Lipinski definition) is 3. The molecule has 2 aromatic carbocycles. The van der Waals surface area contributed by atoms with Crippen LogP contribution in [0, 0.1) is 15.9 Å². The SMILES string of the molecule is O=C(CCO)NCCOc1cc2ncnc(Nc3ccc(Br)cc3F)c2cc1[N+](=O)[O-]. The zero-order chi connectivity index (χ0) is 22.4. The number of carbonyl (C=O) groups is 1. The molecule has 0 aliphatic carbocycles. The van der Waals surface area contributed by atoms with Crippen LogP contribution < -0.4 is 15.4 Å². The van der Waals surface area contributed by atoms with E-state index >= 15 is 0 Å². The summed E-state index contributed by atoms with van der Waals surface area (Å²) >= 11 is 3.18. The monoisotopic (exact) mass is 493 g/mol. The zero-order valence-corrected chi connectivity index (χ0v) is 17.6. The summed E-state index contributed by atoms with van der Waals surface area (Å²) in [7, 11) is 0. The number of aliphatic hydroxyl groups excluding tert-OH is 1. The number of nitrogens with zero attached hydrogens (tertiary/aromatic N) is 3. The molecule has 0 saturated heterocycles. The van der Waals surface area contributed by atoms with Gasteiger partial charge in [-0.1, -0.05) is 15.9 Å².